The van der Waals surface area contributed by atoms with Gasteiger partial charge in [0.2, 0.25) is 0 Å². The van der Waals surface area contributed by atoms with E-state index in [0.717, 1.165) is 31.4 Å². The molecule has 0 aliphatic heterocycles. The van der Waals surface area contributed by atoms with E-state index in [9.17, 15) is 13.2 Å². The predicted octanol–water partition coefficient (Wildman–Crippen LogP) is 6.14. The molecule has 0 radical (unpaired) electrons. The Hall–Kier alpha value is -2.28. The fraction of sp³-hybridized carbons (Fsp3) is 0.400. The number of ether oxygens (including phenoxy) is 1. The predicted molar refractivity (Wildman–Crippen MR) is 102 cm³/mol. The molecule has 0 N–H and O–H groups in total. The van der Waals surface area contributed by atoms with Crippen LogP contribution in [0.2, 0.25) is 5.02 Å². The molecule has 0 saturated heterocycles. The molecule has 3 aromatic rings. The van der Waals surface area contributed by atoms with Gasteiger partial charge in [-0.2, -0.15) is 18.2 Å². The Morgan fingerprint density at radius 1 is 1.25 bits per heavy atom. The molecule has 0 bridgehead atoms. The molecule has 1 aliphatic carbocycles. The first-order valence-electron chi connectivity index (χ1n) is 9.13. The van der Waals surface area contributed by atoms with Gasteiger partial charge in [0.25, 0.3) is 6.01 Å². The molecule has 0 spiro atoms. The molecular formula is C20H19ClF3N3O. The minimum Gasteiger partial charge on any atom is -0.468 e. The van der Waals surface area contributed by atoms with Crippen LogP contribution in [0.1, 0.15) is 37.8 Å². The normalized spacial score (nSPS) is 15.8. The van der Waals surface area contributed by atoms with Crippen molar-refractivity contribution in [2.45, 2.75) is 38.4 Å². The molecule has 0 amide bonds. The zero-order valence-corrected chi connectivity index (χ0v) is 16.2. The second-order valence-corrected chi connectivity index (χ2v) is 7.41. The van der Waals surface area contributed by atoms with Crippen LogP contribution < -0.4 is 4.74 Å². The highest BCUT2D eigenvalue weighted by Crippen LogP contribution is 2.45. The summed E-state index contributed by atoms with van der Waals surface area (Å²) in [7, 11) is 1.56. The fourth-order valence-electron chi connectivity index (χ4n) is 3.75. The Bertz CT molecular complexity index is 1030. The number of rotatable bonds is 5. The molecule has 4 rings (SSSR count). The summed E-state index contributed by atoms with van der Waals surface area (Å²) in [6.45, 7) is 2.12. The molecule has 1 saturated carbocycles. The first kappa shape index (κ1) is 19.1. The minimum atomic E-state index is -4.45. The van der Waals surface area contributed by atoms with Crippen LogP contribution >= 0.6 is 11.6 Å². The zero-order valence-electron chi connectivity index (χ0n) is 15.4. The Morgan fingerprint density at radius 2 is 2.00 bits per heavy atom. The molecule has 148 valence electrons. The monoisotopic (exact) mass is 409 g/mol. The van der Waals surface area contributed by atoms with Gasteiger partial charge in [0, 0.05) is 28.4 Å². The maximum absolute atomic E-state index is 13.0. The summed E-state index contributed by atoms with van der Waals surface area (Å²) in [6.07, 6.45) is 0.416. The van der Waals surface area contributed by atoms with Crippen molar-refractivity contribution in [1.82, 2.24) is 14.5 Å². The molecule has 2 heterocycles. The lowest BCUT2D eigenvalue weighted by Gasteiger charge is -2.18. The Kier molecular flexibility index (Phi) is 4.73. The van der Waals surface area contributed by atoms with E-state index in [-0.39, 0.29) is 11.1 Å². The van der Waals surface area contributed by atoms with Crippen molar-refractivity contribution in [2.24, 2.45) is 5.92 Å². The van der Waals surface area contributed by atoms with Crippen LogP contribution in [0.3, 0.4) is 0 Å². The third-order valence-electron chi connectivity index (χ3n) is 5.23. The SMILES string of the molecule is CCC(C1CC1)n1c(OC)nc2c(-c3ccc(C(F)(F)F)cc3Cl)ccnc21. The number of alkyl halides is 3. The number of aromatic nitrogens is 3. The van der Waals surface area contributed by atoms with Crippen LogP contribution in [0.25, 0.3) is 22.3 Å². The van der Waals surface area contributed by atoms with Gasteiger partial charge in [-0.1, -0.05) is 24.6 Å². The van der Waals surface area contributed by atoms with Crippen LogP contribution in [0, 0.1) is 5.92 Å². The van der Waals surface area contributed by atoms with Gasteiger partial charge >= 0.3 is 6.18 Å². The summed E-state index contributed by atoms with van der Waals surface area (Å²) in [5.41, 5.74) is 1.55. The van der Waals surface area contributed by atoms with E-state index in [0.29, 0.717) is 34.2 Å². The Morgan fingerprint density at radius 3 is 2.57 bits per heavy atom. The molecule has 2 aromatic heterocycles. The number of hydrogen-bond acceptors (Lipinski definition) is 3. The van der Waals surface area contributed by atoms with Gasteiger partial charge in [0.05, 0.1) is 12.7 Å². The highest BCUT2D eigenvalue weighted by atomic mass is 35.5. The summed E-state index contributed by atoms with van der Waals surface area (Å²) >= 11 is 6.21. The number of imidazole rings is 1. The van der Waals surface area contributed by atoms with Crippen molar-refractivity contribution in [3.05, 3.63) is 41.0 Å². The van der Waals surface area contributed by atoms with Crippen LogP contribution in [-0.4, -0.2) is 21.6 Å². The summed E-state index contributed by atoms with van der Waals surface area (Å²) < 4.78 is 46.4. The summed E-state index contributed by atoms with van der Waals surface area (Å²) in [5.74, 6) is 0.566. The maximum atomic E-state index is 13.0. The van der Waals surface area contributed by atoms with Crippen molar-refractivity contribution in [2.75, 3.05) is 7.11 Å². The zero-order chi connectivity index (χ0) is 20.1. The second-order valence-electron chi connectivity index (χ2n) is 7.00. The van der Waals surface area contributed by atoms with Crippen molar-refractivity contribution < 1.29 is 17.9 Å². The number of methoxy groups -OCH3 is 1. The summed E-state index contributed by atoms with van der Waals surface area (Å²) in [5, 5.41) is 0.0186. The Labute approximate surface area is 165 Å². The van der Waals surface area contributed by atoms with E-state index in [2.05, 4.69) is 16.9 Å². The average molecular weight is 410 g/mol. The fourth-order valence-corrected chi connectivity index (χ4v) is 4.03. The first-order valence-corrected chi connectivity index (χ1v) is 9.51. The van der Waals surface area contributed by atoms with Crippen LogP contribution in [0.4, 0.5) is 13.2 Å². The molecule has 1 fully saturated rings. The third-order valence-corrected chi connectivity index (χ3v) is 5.54. The van der Waals surface area contributed by atoms with E-state index in [1.807, 2.05) is 4.57 Å². The second kappa shape index (κ2) is 6.95. The highest BCUT2D eigenvalue weighted by molar-refractivity contribution is 6.33. The van der Waals surface area contributed by atoms with Gasteiger partial charge < -0.3 is 4.74 Å². The lowest BCUT2D eigenvalue weighted by Crippen LogP contribution is -2.12. The topological polar surface area (TPSA) is 39.9 Å². The van der Waals surface area contributed by atoms with E-state index in [1.165, 1.54) is 6.07 Å². The smallest absolute Gasteiger partial charge is 0.416 e. The molecular weight excluding hydrogens is 391 g/mol. The lowest BCUT2D eigenvalue weighted by molar-refractivity contribution is -0.137. The quantitative estimate of drug-likeness (QED) is 0.508. The van der Waals surface area contributed by atoms with Gasteiger partial charge in [0.1, 0.15) is 5.52 Å². The third kappa shape index (κ3) is 3.21. The standard InChI is InChI=1S/C20H19ClF3N3O/c1-3-16(11-4-5-11)27-18-17(26-19(27)28-2)14(8-9-25-18)13-7-6-12(10-15(13)21)20(22,23)24/h6-11,16H,3-5H2,1-2H3. The molecule has 8 heteroatoms. The Balaban J connectivity index is 1.89. The average Bonchev–Trinajstić information content (AvgIpc) is 3.42. The number of pyridine rings is 1. The lowest BCUT2D eigenvalue weighted by atomic mass is 10.0. The molecule has 4 nitrogen and oxygen atoms in total. The number of benzene rings is 1. The highest BCUT2D eigenvalue weighted by Gasteiger charge is 2.35. The van der Waals surface area contributed by atoms with E-state index in [1.54, 1.807) is 19.4 Å². The van der Waals surface area contributed by atoms with Crippen molar-refractivity contribution in [3.63, 3.8) is 0 Å². The van der Waals surface area contributed by atoms with Crippen molar-refractivity contribution >= 4 is 22.8 Å². The van der Waals surface area contributed by atoms with E-state index in [4.69, 9.17) is 16.3 Å². The van der Waals surface area contributed by atoms with E-state index >= 15 is 0 Å². The molecule has 1 aromatic carbocycles. The molecule has 1 atom stereocenters. The van der Waals surface area contributed by atoms with Gasteiger partial charge in [-0.3, -0.25) is 4.57 Å². The van der Waals surface area contributed by atoms with Crippen LogP contribution in [0.5, 0.6) is 6.01 Å². The van der Waals surface area contributed by atoms with Crippen LogP contribution in [0.15, 0.2) is 30.5 Å². The number of fused-ring (bicyclic) bond motifs is 1. The molecule has 1 unspecified atom stereocenters. The number of halogens is 4. The van der Waals surface area contributed by atoms with Gasteiger partial charge in [0.15, 0.2) is 5.65 Å². The molecule has 28 heavy (non-hydrogen) atoms. The summed E-state index contributed by atoms with van der Waals surface area (Å²) in [6, 6.07) is 5.74. The first-order chi connectivity index (χ1) is 13.3. The van der Waals surface area contributed by atoms with Crippen LogP contribution in [-0.2, 0) is 6.18 Å². The minimum absolute atomic E-state index is 0.0186. The van der Waals surface area contributed by atoms with E-state index < -0.39 is 11.7 Å². The van der Waals surface area contributed by atoms with Crippen molar-refractivity contribution in [1.29, 1.82) is 0 Å². The molecule has 1 aliphatic rings. The summed E-state index contributed by atoms with van der Waals surface area (Å²) in [4.78, 5) is 9.10. The van der Waals surface area contributed by atoms with Gasteiger partial charge in [-0.15, -0.1) is 0 Å². The largest absolute Gasteiger partial charge is 0.468 e. The maximum Gasteiger partial charge on any atom is 0.416 e. The van der Waals surface area contributed by atoms with Gasteiger partial charge in [-0.05, 0) is 43.4 Å². The number of nitrogens with zero attached hydrogens (tertiary/aromatic N) is 3. The number of hydrogen-bond donors (Lipinski definition) is 0. The van der Waals surface area contributed by atoms with Gasteiger partial charge in [-0.25, -0.2) is 4.98 Å². The van der Waals surface area contributed by atoms with Crippen molar-refractivity contribution in [3.8, 4) is 17.1 Å².